The first kappa shape index (κ1) is 12.1. The van der Waals surface area contributed by atoms with Crippen LogP contribution in [-0.4, -0.2) is 19.0 Å². The molecule has 2 aromatic rings. The number of hydrogen-bond acceptors (Lipinski definition) is 3. The maximum Gasteiger partial charge on any atom is 0.396 e. The van der Waals surface area contributed by atoms with Crippen molar-refractivity contribution in [1.82, 2.24) is 0 Å². The summed E-state index contributed by atoms with van der Waals surface area (Å²) in [4.78, 5) is 22.7. The minimum Gasteiger partial charge on any atom is -0.462 e. The van der Waals surface area contributed by atoms with Crippen molar-refractivity contribution >= 4 is 28.3 Å². The highest BCUT2D eigenvalue weighted by molar-refractivity contribution is 6.38. The molecule has 0 saturated heterocycles. The molecule has 0 unspecified atom stereocenters. The van der Waals surface area contributed by atoms with Crippen LogP contribution in [0.5, 0.6) is 0 Å². The molecule has 2 aromatic carbocycles. The molecule has 0 saturated carbocycles. The van der Waals surface area contributed by atoms with Crippen molar-refractivity contribution in [1.29, 1.82) is 0 Å². The Bertz CT molecular complexity index is 619. The molecule has 0 aliphatic heterocycles. The summed E-state index contributed by atoms with van der Waals surface area (Å²) < 4.78 is 4.39. The number of methoxy groups -OCH3 is 1. The molecule has 0 heterocycles. The molecule has 0 atom stereocenters. The number of ether oxygens (including phenoxy) is 1. The Labute approximate surface area is 105 Å². The molecule has 1 N–H and O–H groups in total. The van der Waals surface area contributed by atoms with Crippen LogP contribution >= 0.6 is 0 Å². The van der Waals surface area contributed by atoms with E-state index in [0.29, 0.717) is 5.69 Å². The molecule has 4 nitrogen and oxygen atoms in total. The van der Waals surface area contributed by atoms with Gasteiger partial charge in [-0.2, -0.15) is 0 Å². The van der Waals surface area contributed by atoms with E-state index in [1.807, 2.05) is 43.3 Å². The second kappa shape index (κ2) is 4.87. The molecule has 1 amide bonds. The fourth-order valence-electron chi connectivity index (χ4n) is 1.80. The van der Waals surface area contributed by atoms with Crippen molar-refractivity contribution in [3.63, 3.8) is 0 Å². The van der Waals surface area contributed by atoms with Gasteiger partial charge in [-0.1, -0.05) is 36.4 Å². The summed E-state index contributed by atoms with van der Waals surface area (Å²) in [6, 6.07) is 11.5. The van der Waals surface area contributed by atoms with Gasteiger partial charge in [0.2, 0.25) is 0 Å². The van der Waals surface area contributed by atoms with Crippen LogP contribution in [0, 0.1) is 6.92 Å². The maximum atomic E-state index is 11.6. The van der Waals surface area contributed by atoms with Crippen LogP contribution in [0.4, 0.5) is 5.69 Å². The van der Waals surface area contributed by atoms with E-state index in [1.165, 1.54) is 7.11 Å². The van der Waals surface area contributed by atoms with Gasteiger partial charge in [0, 0.05) is 5.39 Å². The van der Waals surface area contributed by atoms with E-state index in [-0.39, 0.29) is 0 Å². The van der Waals surface area contributed by atoms with E-state index in [4.69, 9.17) is 0 Å². The van der Waals surface area contributed by atoms with Crippen molar-refractivity contribution in [3.05, 3.63) is 42.0 Å². The smallest absolute Gasteiger partial charge is 0.396 e. The number of benzene rings is 2. The van der Waals surface area contributed by atoms with Gasteiger partial charge < -0.3 is 10.1 Å². The zero-order chi connectivity index (χ0) is 13.1. The Morgan fingerprint density at radius 1 is 1.11 bits per heavy atom. The van der Waals surface area contributed by atoms with Gasteiger partial charge in [0.15, 0.2) is 0 Å². The predicted molar refractivity (Wildman–Crippen MR) is 69.3 cm³/mol. The number of carbonyl (C=O) groups is 2. The van der Waals surface area contributed by atoms with Crippen LogP contribution < -0.4 is 5.32 Å². The van der Waals surface area contributed by atoms with E-state index in [1.54, 1.807) is 0 Å². The minimum absolute atomic E-state index is 0.642. The molecule has 18 heavy (non-hydrogen) atoms. The number of carbonyl (C=O) groups excluding carboxylic acids is 2. The summed E-state index contributed by atoms with van der Waals surface area (Å²) in [5, 5.41) is 4.49. The van der Waals surface area contributed by atoms with Gasteiger partial charge in [0.25, 0.3) is 0 Å². The largest absolute Gasteiger partial charge is 0.462 e. The number of fused-ring (bicyclic) bond motifs is 1. The third-order valence-electron chi connectivity index (χ3n) is 2.75. The van der Waals surface area contributed by atoms with Gasteiger partial charge in [-0.05, 0) is 17.9 Å². The average Bonchev–Trinajstić information content (AvgIpc) is 2.41. The Morgan fingerprint density at radius 3 is 2.56 bits per heavy atom. The lowest BCUT2D eigenvalue weighted by atomic mass is 10.0. The number of rotatable bonds is 1. The fourth-order valence-corrected chi connectivity index (χ4v) is 1.80. The normalized spacial score (nSPS) is 10.1. The summed E-state index contributed by atoms with van der Waals surface area (Å²) in [5.74, 6) is -1.67. The van der Waals surface area contributed by atoms with Crippen LogP contribution in [0.25, 0.3) is 10.8 Å². The monoisotopic (exact) mass is 243 g/mol. The number of nitrogens with one attached hydrogen (secondary N) is 1. The Morgan fingerprint density at radius 2 is 1.83 bits per heavy atom. The highest BCUT2D eigenvalue weighted by Crippen LogP contribution is 2.26. The van der Waals surface area contributed by atoms with Gasteiger partial charge in [-0.3, -0.25) is 4.79 Å². The summed E-state index contributed by atoms with van der Waals surface area (Å²) in [5.41, 5.74) is 1.54. The van der Waals surface area contributed by atoms with Crippen LogP contribution in [-0.2, 0) is 14.3 Å². The molecule has 0 aromatic heterocycles. The summed E-state index contributed by atoms with van der Waals surface area (Å²) in [7, 11) is 1.18. The quantitative estimate of drug-likeness (QED) is 0.617. The number of aryl methyl sites for hydroxylation is 1. The predicted octanol–water partition coefficient (Wildman–Crippen LogP) is 2.26. The van der Waals surface area contributed by atoms with Gasteiger partial charge in [0.1, 0.15) is 0 Å². The number of amides is 1. The molecule has 0 aliphatic rings. The molecule has 0 spiro atoms. The van der Waals surface area contributed by atoms with Crippen LogP contribution in [0.15, 0.2) is 36.4 Å². The van der Waals surface area contributed by atoms with E-state index in [2.05, 4.69) is 10.1 Å². The topological polar surface area (TPSA) is 55.4 Å². The summed E-state index contributed by atoms with van der Waals surface area (Å²) >= 11 is 0. The summed E-state index contributed by atoms with van der Waals surface area (Å²) in [6.45, 7) is 1.87. The van der Waals surface area contributed by atoms with Gasteiger partial charge in [0.05, 0.1) is 12.8 Å². The molecule has 0 bridgehead atoms. The summed E-state index contributed by atoms with van der Waals surface area (Å²) in [6.07, 6.45) is 0. The van der Waals surface area contributed by atoms with E-state index in [9.17, 15) is 9.59 Å². The van der Waals surface area contributed by atoms with Crippen LogP contribution in [0.1, 0.15) is 5.56 Å². The molecular weight excluding hydrogens is 230 g/mol. The van der Waals surface area contributed by atoms with Crippen molar-refractivity contribution in [2.45, 2.75) is 6.92 Å². The second-order valence-corrected chi connectivity index (χ2v) is 3.92. The van der Waals surface area contributed by atoms with Crippen molar-refractivity contribution in [2.75, 3.05) is 12.4 Å². The first-order chi connectivity index (χ1) is 8.63. The lowest BCUT2D eigenvalue weighted by Gasteiger charge is -2.10. The van der Waals surface area contributed by atoms with Crippen LogP contribution in [0.2, 0.25) is 0 Å². The third-order valence-corrected chi connectivity index (χ3v) is 2.75. The molecule has 92 valence electrons. The third kappa shape index (κ3) is 2.18. The zero-order valence-corrected chi connectivity index (χ0v) is 10.2. The van der Waals surface area contributed by atoms with Gasteiger partial charge in [-0.25, -0.2) is 4.79 Å². The Balaban J connectivity index is 2.46. The molecule has 4 heteroatoms. The van der Waals surface area contributed by atoms with Crippen LogP contribution in [0.3, 0.4) is 0 Å². The maximum absolute atomic E-state index is 11.6. The van der Waals surface area contributed by atoms with Gasteiger partial charge in [-0.15, -0.1) is 0 Å². The minimum atomic E-state index is -0.901. The highest BCUT2D eigenvalue weighted by atomic mass is 16.5. The number of anilines is 1. The lowest BCUT2D eigenvalue weighted by Crippen LogP contribution is -2.24. The molecule has 0 radical (unpaired) electrons. The standard InChI is InChI=1S/C14H13NO3/c1-9-7-8-10-5-3-4-6-11(10)12(9)15-13(16)14(17)18-2/h3-8H,1-2H3,(H,15,16). The SMILES string of the molecule is COC(=O)C(=O)Nc1c(C)ccc2ccccc12. The molecule has 2 rings (SSSR count). The molecule has 0 fully saturated rings. The van der Waals surface area contributed by atoms with Crippen molar-refractivity contribution in [3.8, 4) is 0 Å². The molecular formula is C14H13NO3. The van der Waals surface area contributed by atoms with E-state index < -0.39 is 11.9 Å². The zero-order valence-electron chi connectivity index (χ0n) is 10.2. The Hall–Kier alpha value is -2.36. The first-order valence-corrected chi connectivity index (χ1v) is 5.51. The van der Waals surface area contributed by atoms with Crippen molar-refractivity contribution in [2.24, 2.45) is 0 Å². The van der Waals surface area contributed by atoms with Gasteiger partial charge >= 0.3 is 11.9 Å². The number of hydrogen-bond donors (Lipinski definition) is 1. The lowest BCUT2D eigenvalue weighted by molar-refractivity contribution is -0.150. The molecule has 0 aliphatic carbocycles. The Kier molecular flexibility index (Phi) is 3.28. The first-order valence-electron chi connectivity index (χ1n) is 5.51. The highest BCUT2D eigenvalue weighted by Gasteiger charge is 2.16. The second-order valence-electron chi connectivity index (χ2n) is 3.92. The fraction of sp³-hybridized carbons (Fsp3) is 0.143. The van der Waals surface area contributed by atoms with Crippen molar-refractivity contribution < 1.29 is 14.3 Å². The average molecular weight is 243 g/mol. The van der Waals surface area contributed by atoms with E-state index >= 15 is 0 Å². The van der Waals surface area contributed by atoms with E-state index in [0.717, 1.165) is 16.3 Å². The number of esters is 1.